The van der Waals surface area contributed by atoms with Crippen molar-refractivity contribution in [3.05, 3.63) is 58.3 Å². The molecule has 0 heterocycles. The lowest BCUT2D eigenvalue weighted by molar-refractivity contribution is -0.132. The van der Waals surface area contributed by atoms with Crippen LogP contribution in [0.4, 0.5) is 4.39 Å². The second-order valence-electron chi connectivity index (χ2n) is 9.16. The molecule has 10 heteroatoms. The van der Waals surface area contributed by atoms with Gasteiger partial charge in [-0.25, -0.2) is 4.39 Å². The number of nitrogens with zero attached hydrogens (tertiary/aromatic N) is 1. The van der Waals surface area contributed by atoms with Crippen LogP contribution in [0.25, 0.3) is 0 Å². The predicted octanol–water partition coefficient (Wildman–Crippen LogP) is 4.00. The molecular formula is C25H26Cl2FN3O4. The molecule has 35 heavy (non-hydrogen) atoms. The molecule has 3 aliphatic carbocycles. The van der Waals surface area contributed by atoms with Gasteiger partial charge >= 0.3 is 0 Å². The van der Waals surface area contributed by atoms with Gasteiger partial charge in [-0.1, -0.05) is 23.2 Å². The van der Waals surface area contributed by atoms with E-state index in [-0.39, 0.29) is 24.0 Å². The first-order chi connectivity index (χ1) is 16.7. The van der Waals surface area contributed by atoms with Crippen LogP contribution >= 0.6 is 23.2 Å². The summed E-state index contributed by atoms with van der Waals surface area (Å²) < 4.78 is 24.7. The van der Waals surface area contributed by atoms with E-state index in [1.165, 1.54) is 12.1 Å². The Labute approximate surface area is 213 Å². The van der Waals surface area contributed by atoms with Crippen LogP contribution in [0, 0.1) is 17.1 Å². The Hall–Kier alpha value is -2.57. The van der Waals surface area contributed by atoms with E-state index in [1.807, 2.05) is 0 Å². The van der Waals surface area contributed by atoms with Crippen LogP contribution in [-0.4, -0.2) is 47.5 Å². The van der Waals surface area contributed by atoms with Gasteiger partial charge in [-0.15, -0.1) is 0 Å². The van der Waals surface area contributed by atoms with E-state index in [2.05, 4.69) is 16.7 Å². The molecule has 5 rings (SSSR count). The lowest BCUT2D eigenvalue weighted by Gasteiger charge is -2.56. The monoisotopic (exact) mass is 521 g/mol. The molecule has 3 N–H and O–H groups in total. The fourth-order valence-electron chi connectivity index (χ4n) is 4.91. The molecule has 186 valence electrons. The lowest BCUT2D eigenvalue weighted by Crippen LogP contribution is -2.71. The quantitative estimate of drug-likeness (QED) is 0.460. The Bertz CT molecular complexity index is 1100. The van der Waals surface area contributed by atoms with Crippen molar-refractivity contribution in [1.82, 2.24) is 10.6 Å². The van der Waals surface area contributed by atoms with Crippen molar-refractivity contribution >= 4 is 29.1 Å². The number of hydrogen-bond donors (Lipinski definition) is 3. The first-order valence-corrected chi connectivity index (χ1v) is 12.1. The highest BCUT2D eigenvalue weighted by Crippen LogP contribution is 2.47. The Morgan fingerprint density at radius 3 is 2.46 bits per heavy atom. The average molecular weight is 522 g/mol. The van der Waals surface area contributed by atoms with E-state index in [1.54, 1.807) is 24.3 Å². The number of amides is 1. The topological polar surface area (TPSA) is 104 Å². The first kappa shape index (κ1) is 25.5. The average Bonchev–Trinajstić information content (AvgIpc) is 2.85. The molecule has 7 nitrogen and oxygen atoms in total. The number of rotatable bonds is 9. The zero-order valence-electron chi connectivity index (χ0n) is 18.9. The van der Waals surface area contributed by atoms with Gasteiger partial charge in [0.1, 0.15) is 30.0 Å². The molecule has 0 aliphatic heterocycles. The zero-order chi connectivity index (χ0) is 25.1. The van der Waals surface area contributed by atoms with Gasteiger partial charge in [0, 0.05) is 16.6 Å². The molecule has 0 saturated heterocycles. The Balaban J connectivity index is 1.30. The number of carbonyl (C=O) groups excluding carboxylic acids is 1. The van der Waals surface area contributed by atoms with Gasteiger partial charge in [-0.3, -0.25) is 10.1 Å². The SMILES string of the molecule is N#CC(COc1ccc(Cl)cc1)NC12CCC(NC(=O)COc3ccc(Cl)c(F)c3)(CC1)[C@@H](O)C2. The van der Waals surface area contributed by atoms with Crippen LogP contribution < -0.4 is 20.1 Å². The van der Waals surface area contributed by atoms with Crippen molar-refractivity contribution in [3.8, 4) is 17.6 Å². The minimum Gasteiger partial charge on any atom is -0.491 e. The minimum atomic E-state index is -0.786. The Kier molecular flexibility index (Phi) is 7.72. The van der Waals surface area contributed by atoms with Crippen LogP contribution in [0.1, 0.15) is 32.1 Å². The number of nitrogens with one attached hydrogen (secondary N) is 2. The zero-order valence-corrected chi connectivity index (χ0v) is 20.4. The van der Waals surface area contributed by atoms with Gasteiger partial charge in [-0.05, 0) is 68.5 Å². The summed E-state index contributed by atoms with van der Waals surface area (Å²) in [6.07, 6.45) is 2.10. The fourth-order valence-corrected chi connectivity index (χ4v) is 5.15. The maximum Gasteiger partial charge on any atom is 0.258 e. The van der Waals surface area contributed by atoms with Crippen molar-refractivity contribution in [1.29, 1.82) is 5.26 Å². The van der Waals surface area contributed by atoms with E-state index in [0.29, 0.717) is 42.9 Å². The van der Waals surface area contributed by atoms with Gasteiger partial charge in [-0.2, -0.15) is 5.26 Å². The third-order valence-electron chi connectivity index (χ3n) is 6.84. The summed E-state index contributed by atoms with van der Waals surface area (Å²) in [5.74, 6) is -0.213. The lowest BCUT2D eigenvalue weighted by atomic mass is 9.59. The van der Waals surface area contributed by atoms with Gasteiger partial charge in [0.15, 0.2) is 6.61 Å². The van der Waals surface area contributed by atoms with Gasteiger partial charge in [0.25, 0.3) is 5.91 Å². The minimum absolute atomic E-state index is 0.0273. The number of aliphatic hydroxyl groups excluding tert-OH is 1. The van der Waals surface area contributed by atoms with E-state index in [4.69, 9.17) is 32.7 Å². The van der Waals surface area contributed by atoms with Crippen molar-refractivity contribution < 1.29 is 23.8 Å². The molecular weight excluding hydrogens is 496 g/mol. The summed E-state index contributed by atoms with van der Waals surface area (Å²) in [4.78, 5) is 12.6. The maximum atomic E-state index is 13.6. The van der Waals surface area contributed by atoms with E-state index < -0.39 is 34.9 Å². The fraction of sp³-hybridized carbons (Fsp3) is 0.440. The molecule has 1 amide bonds. The highest BCUT2D eigenvalue weighted by molar-refractivity contribution is 6.30. The molecule has 0 aromatic heterocycles. The second-order valence-corrected chi connectivity index (χ2v) is 10.0. The summed E-state index contributed by atoms with van der Waals surface area (Å²) in [7, 11) is 0. The molecule has 0 radical (unpaired) electrons. The number of fused-ring (bicyclic) bond motifs is 3. The number of halogens is 3. The van der Waals surface area contributed by atoms with Crippen LogP contribution in [0.15, 0.2) is 42.5 Å². The maximum absolute atomic E-state index is 13.6. The van der Waals surface area contributed by atoms with Crippen molar-refractivity contribution in [2.24, 2.45) is 0 Å². The number of carbonyl (C=O) groups is 1. The molecule has 2 aromatic rings. The second kappa shape index (κ2) is 10.6. The van der Waals surface area contributed by atoms with E-state index >= 15 is 0 Å². The van der Waals surface area contributed by atoms with Gasteiger partial charge in [0.2, 0.25) is 0 Å². The third kappa shape index (κ3) is 5.99. The van der Waals surface area contributed by atoms with E-state index in [9.17, 15) is 19.6 Å². The van der Waals surface area contributed by atoms with Crippen molar-refractivity contribution in [2.45, 2.75) is 55.3 Å². The summed E-state index contributed by atoms with van der Waals surface area (Å²) in [6, 6.07) is 12.5. The normalized spacial score (nSPS) is 26.0. The molecule has 2 atom stereocenters. The number of benzene rings is 2. The van der Waals surface area contributed by atoms with Gasteiger partial charge in [0.05, 0.1) is 22.7 Å². The van der Waals surface area contributed by atoms with Crippen LogP contribution in [0.3, 0.4) is 0 Å². The largest absolute Gasteiger partial charge is 0.491 e. The molecule has 0 spiro atoms. The Morgan fingerprint density at radius 1 is 1.14 bits per heavy atom. The number of hydrogen-bond acceptors (Lipinski definition) is 6. The molecule has 3 saturated carbocycles. The number of ether oxygens (including phenoxy) is 2. The molecule has 3 fully saturated rings. The van der Waals surface area contributed by atoms with Crippen LogP contribution in [0.5, 0.6) is 11.5 Å². The Morgan fingerprint density at radius 2 is 1.83 bits per heavy atom. The van der Waals surface area contributed by atoms with Crippen LogP contribution in [0.2, 0.25) is 10.0 Å². The van der Waals surface area contributed by atoms with Crippen LogP contribution in [-0.2, 0) is 4.79 Å². The predicted molar refractivity (Wildman–Crippen MR) is 129 cm³/mol. The van der Waals surface area contributed by atoms with Crippen molar-refractivity contribution in [3.63, 3.8) is 0 Å². The molecule has 1 unspecified atom stereocenters. The summed E-state index contributed by atoms with van der Waals surface area (Å²) in [6.45, 7) is -0.155. The third-order valence-corrected chi connectivity index (χ3v) is 7.40. The smallest absolute Gasteiger partial charge is 0.258 e. The number of aliphatic hydroxyl groups is 1. The number of nitriles is 1. The highest BCUT2D eigenvalue weighted by Gasteiger charge is 2.55. The van der Waals surface area contributed by atoms with Crippen molar-refractivity contribution in [2.75, 3.05) is 13.2 Å². The summed E-state index contributed by atoms with van der Waals surface area (Å²) >= 11 is 11.6. The summed E-state index contributed by atoms with van der Waals surface area (Å²) in [5, 5.41) is 27.5. The molecule has 3 aliphatic rings. The first-order valence-electron chi connectivity index (χ1n) is 11.4. The van der Waals surface area contributed by atoms with Gasteiger partial charge < -0.3 is 19.9 Å². The standard InChI is InChI=1S/C25H26Cl2FN3O4/c26-16-1-3-18(4-2-16)34-14-17(13-29)30-24-7-9-25(10-8-24,22(32)12-24)31-23(33)15-35-19-5-6-20(27)21(28)11-19/h1-6,11,17,22,30,32H,7-10,12,14-15H2,(H,31,33)/t17?,22-,24?,25?/m0/s1. The summed E-state index contributed by atoms with van der Waals surface area (Å²) in [5.41, 5.74) is -1.16. The molecule has 2 aromatic carbocycles. The molecule has 2 bridgehead atoms. The highest BCUT2D eigenvalue weighted by atomic mass is 35.5. The van der Waals surface area contributed by atoms with E-state index in [0.717, 1.165) is 6.07 Å².